The molecule has 1 N–H and O–H groups in total. The van der Waals surface area contributed by atoms with Gasteiger partial charge in [-0.3, -0.25) is 14.5 Å². The minimum Gasteiger partial charge on any atom is -0.542 e. The number of piperazine rings is 1. The third-order valence-corrected chi connectivity index (χ3v) is 5.28. The summed E-state index contributed by atoms with van der Waals surface area (Å²) in [5.74, 6) is -4.36. The lowest BCUT2D eigenvalue weighted by Gasteiger charge is -2.31. The fourth-order valence-electron chi connectivity index (χ4n) is 2.68. The molecule has 2 aromatic rings. The number of thiophene rings is 1. The van der Waals surface area contributed by atoms with Crippen LogP contribution in [0.1, 0.15) is 19.3 Å². The highest BCUT2D eigenvalue weighted by Crippen LogP contribution is 2.27. The van der Waals surface area contributed by atoms with Crippen LogP contribution in [0.2, 0.25) is 0 Å². The number of halogens is 6. The highest BCUT2D eigenvalue weighted by atomic mass is 32.1. The molecule has 1 fully saturated rings. The van der Waals surface area contributed by atoms with Gasteiger partial charge in [0.2, 0.25) is 5.82 Å². The predicted octanol–water partition coefficient (Wildman–Crippen LogP) is 0.859. The number of carbonyl (C=O) groups excluding carboxylic acids is 3. The van der Waals surface area contributed by atoms with Gasteiger partial charge in [0.25, 0.3) is 11.7 Å². The van der Waals surface area contributed by atoms with Crippen molar-refractivity contribution in [2.24, 2.45) is 0 Å². The van der Waals surface area contributed by atoms with Gasteiger partial charge in [-0.25, -0.2) is 4.98 Å². The molecule has 2 aromatic heterocycles. The lowest BCUT2D eigenvalue weighted by Crippen LogP contribution is -3.10. The van der Waals surface area contributed by atoms with Crippen LogP contribution in [0.15, 0.2) is 36.5 Å². The molecular weight excluding hydrogens is 468 g/mol. The highest BCUT2D eigenvalue weighted by molar-refractivity contribution is 7.16. The van der Waals surface area contributed by atoms with Crippen LogP contribution >= 0.6 is 11.3 Å². The first kappa shape index (κ1) is 25.3. The largest absolute Gasteiger partial charge is 0.542 e. The monoisotopic (exact) mass is 483 g/mol. The Morgan fingerprint density at radius 2 is 1.50 bits per heavy atom. The van der Waals surface area contributed by atoms with E-state index >= 15 is 0 Å². The molecule has 0 spiro atoms. The molecule has 1 aliphatic rings. The summed E-state index contributed by atoms with van der Waals surface area (Å²) >= 11 is 0.587. The summed E-state index contributed by atoms with van der Waals surface area (Å²) in [5, 5.41) is 8.78. The maximum atomic E-state index is 12.5. The number of quaternary nitrogens is 1. The van der Waals surface area contributed by atoms with Gasteiger partial charge in [0, 0.05) is 12.3 Å². The van der Waals surface area contributed by atoms with Gasteiger partial charge in [0.1, 0.15) is 19.1 Å². The number of ketones is 1. The summed E-state index contributed by atoms with van der Waals surface area (Å²) in [7, 11) is 0. The van der Waals surface area contributed by atoms with Crippen molar-refractivity contribution in [2.45, 2.75) is 12.4 Å². The number of rotatable bonds is 3. The molecule has 1 amide bonds. The summed E-state index contributed by atoms with van der Waals surface area (Å²) in [6, 6.07) is 7.99. The molecule has 0 aliphatic carbocycles. The lowest BCUT2D eigenvalue weighted by molar-refractivity contribution is -0.840. The second-order valence-corrected chi connectivity index (χ2v) is 7.47. The van der Waals surface area contributed by atoms with Gasteiger partial charge < -0.3 is 14.8 Å². The zero-order valence-corrected chi connectivity index (χ0v) is 16.8. The fourth-order valence-corrected chi connectivity index (χ4v) is 3.61. The van der Waals surface area contributed by atoms with Crippen molar-refractivity contribution in [1.29, 1.82) is 0 Å². The van der Waals surface area contributed by atoms with Crippen molar-refractivity contribution in [2.75, 3.05) is 26.2 Å². The van der Waals surface area contributed by atoms with Gasteiger partial charge in [0.05, 0.1) is 22.8 Å². The molecule has 0 saturated carbocycles. The molecule has 14 heteroatoms. The van der Waals surface area contributed by atoms with Crippen molar-refractivity contribution in [1.82, 2.24) is 9.88 Å². The first-order valence-corrected chi connectivity index (χ1v) is 9.67. The van der Waals surface area contributed by atoms with Gasteiger partial charge in [0.15, 0.2) is 0 Å². The molecule has 0 unspecified atom stereocenters. The van der Waals surface area contributed by atoms with Crippen LogP contribution in [0, 0.1) is 0 Å². The summed E-state index contributed by atoms with van der Waals surface area (Å²) in [5.41, 5.74) is 0. The number of alkyl halides is 6. The molecule has 1 aliphatic heterocycles. The third kappa shape index (κ3) is 6.75. The first-order valence-electron chi connectivity index (χ1n) is 8.85. The Morgan fingerprint density at radius 1 is 0.938 bits per heavy atom. The van der Waals surface area contributed by atoms with Crippen LogP contribution in [0.5, 0.6) is 0 Å². The normalized spacial score (nSPS) is 15.0. The van der Waals surface area contributed by atoms with E-state index in [0.29, 0.717) is 37.5 Å². The Hall–Kier alpha value is -3.00. The Labute approximate surface area is 180 Å². The van der Waals surface area contributed by atoms with E-state index in [1.807, 2.05) is 18.2 Å². The SMILES string of the molecule is O=C([O-])C(F)(F)F.O=C(c1ccc(C(=O)C(F)(F)F)s1)N1CC[NH+](c2ccccn2)CC1. The summed E-state index contributed by atoms with van der Waals surface area (Å²) in [6.07, 6.45) is -8.41. The number of aromatic nitrogens is 1. The Morgan fingerprint density at radius 3 is 1.97 bits per heavy atom. The number of carboxylic acids is 1. The van der Waals surface area contributed by atoms with Gasteiger partial charge >= 0.3 is 12.4 Å². The Kier molecular flexibility index (Phi) is 7.96. The molecule has 174 valence electrons. The maximum Gasteiger partial charge on any atom is 0.455 e. The van der Waals surface area contributed by atoms with Crippen molar-refractivity contribution < 1.29 is 50.7 Å². The van der Waals surface area contributed by atoms with Gasteiger partial charge in [-0.2, -0.15) is 26.3 Å². The summed E-state index contributed by atoms with van der Waals surface area (Å²) in [4.78, 5) is 39.2. The fraction of sp³-hybridized carbons (Fsp3) is 0.333. The lowest BCUT2D eigenvalue weighted by atomic mass is 10.2. The molecule has 1 saturated heterocycles. The number of carbonyl (C=O) groups is 3. The number of aliphatic carboxylic acids is 1. The van der Waals surface area contributed by atoms with E-state index < -0.39 is 29.0 Å². The van der Waals surface area contributed by atoms with Crippen molar-refractivity contribution in [3.8, 4) is 0 Å². The molecule has 0 aromatic carbocycles. The van der Waals surface area contributed by atoms with Crippen LogP contribution in [-0.4, -0.2) is 66.1 Å². The average molecular weight is 483 g/mol. The molecule has 0 bridgehead atoms. The van der Waals surface area contributed by atoms with E-state index in [1.165, 1.54) is 6.07 Å². The smallest absolute Gasteiger partial charge is 0.455 e. The number of nitrogens with one attached hydrogen (secondary N) is 1. The van der Waals surface area contributed by atoms with E-state index in [0.717, 1.165) is 16.8 Å². The summed E-state index contributed by atoms with van der Waals surface area (Å²) < 4.78 is 68.9. The van der Waals surface area contributed by atoms with Crippen LogP contribution in [0.3, 0.4) is 0 Å². The second kappa shape index (κ2) is 10.1. The zero-order valence-electron chi connectivity index (χ0n) is 16.0. The molecule has 3 heterocycles. The minimum absolute atomic E-state index is 0.147. The van der Waals surface area contributed by atoms with Crippen molar-refractivity contribution >= 4 is 34.8 Å². The van der Waals surface area contributed by atoms with Gasteiger partial charge in [-0.15, -0.1) is 11.3 Å². The number of carboxylic acid groups (broad SMARTS) is 1. The molecule has 7 nitrogen and oxygen atoms in total. The molecule has 0 radical (unpaired) electrons. The average Bonchev–Trinajstić information content (AvgIpc) is 3.22. The number of amides is 1. The topological polar surface area (TPSA) is 94.8 Å². The third-order valence-electron chi connectivity index (χ3n) is 4.21. The Balaban J connectivity index is 0.000000451. The van der Waals surface area contributed by atoms with Crippen LogP contribution < -0.4 is 10.0 Å². The van der Waals surface area contributed by atoms with E-state index in [9.17, 15) is 35.9 Å². The number of pyridine rings is 1. The molecule has 0 atom stereocenters. The minimum atomic E-state index is -5.19. The first-order chi connectivity index (χ1) is 14.8. The van der Waals surface area contributed by atoms with Crippen LogP contribution in [0.4, 0.5) is 32.2 Å². The summed E-state index contributed by atoms with van der Waals surface area (Å²) in [6.45, 7) is 2.29. The van der Waals surface area contributed by atoms with E-state index in [1.54, 1.807) is 11.1 Å². The highest BCUT2D eigenvalue weighted by Gasteiger charge is 2.40. The van der Waals surface area contributed by atoms with E-state index in [4.69, 9.17) is 9.90 Å². The molecule has 3 rings (SSSR count). The van der Waals surface area contributed by atoms with Gasteiger partial charge in [-0.05, 0) is 18.2 Å². The maximum absolute atomic E-state index is 12.5. The standard InChI is InChI=1S/C16H14F3N3O2S.C2HF3O2/c17-16(18,19)14(23)11-4-5-12(25-11)15(24)22-9-7-21(8-10-22)13-3-1-2-6-20-13;3-2(4,5)1(6)7/h1-6H,7-10H2;(H,6,7). The van der Waals surface area contributed by atoms with E-state index in [-0.39, 0.29) is 10.8 Å². The number of nitrogens with zero attached hydrogens (tertiary/aromatic N) is 2. The number of hydrogen-bond acceptors (Lipinski definition) is 6. The van der Waals surface area contributed by atoms with E-state index in [2.05, 4.69) is 4.98 Å². The Bertz CT molecular complexity index is 954. The van der Waals surface area contributed by atoms with Gasteiger partial charge in [-0.1, -0.05) is 6.07 Å². The van der Waals surface area contributed by atoms with Crippen LogP contribution in [-0.2, 0) is 4.79 Å². The number of Topliss-reactive ketones (excluding diaryl/α,β-unsaturated/α-hetero) is 1. The quantitative estimate of drug-likeness (QED) is 0.517. The molecular formula is C18H15F6N3O4S. The van der Waals surface area contributed by atoms with Crippen LogP contribution in [0.25, 0.3) is 0 Å². The zero-order chi connectivity index (χ0) is 24.1. The molecule has 32 heavy (non-hydrogen) atoms. The van der Waals surface area contributed by atoms with Crippen molar-refractivity contribution in [3.63, 3.8) is 0 Å². The predicted molar refractivity (Wildman–Crippen MR) is 96.3 cm³/mol. The number of hydrogen-bond donors (Lipinski definition) is 1. The second-order valence-electron chi connectivity index (χ2n) is 6.39. The van der Waals surface area contributed by atoms with Crippen molar-refractivity contribution in [3.05, 3.63) is 46.3 Å².